The first-order valence-corrected chi connectivity index (χ1v) is 8.07. The Bertz CT molecular complexity index is 727. The highest BCUT2D eigenvalue weighted by Crippen LogP contribution is 2.26. The largest absolute Gasteiger partial charge is 0.465 e. The first-order valence-electron chi connectivity index (χ1n) is 7.31. The average molecular weight is 366 g/mol. The minimum Gasteiger partial charge on any atom is -0.465 e. The number of carbonyl (C=O) groups is 1. The number of aliphatic hydroxyl groups is 1. The predicted molar refractivity (Wildman–Crippen MR) is 97.6 cm³/mol. The second-order valence-electron chi connectivity index (χ2n) is 5.26. The van der Waals surface area contributed by atoms with Crippen molar-refractivity contribution in [3.05, 3.63) is 69.2 Å². The van der Waals surface area contributed by atoms with Gasteiger partial charge < -0.3 is 15.5 Å². The Morgan fingerprint density at radius 1 is 1.12 bits per heavy atom. The van der Waals surface area contributed by atoms with E-state index in [0.717, 1.165) is 16.7 Å². The summed E-state index contributed by atoms with van der Waals surface area (Å²) in [7, 11) is 0. The van der Waals surface area contributed by atoms with E-state index in [-0.39, 0.29) is 6.54 Å². The summed E-state index contributed by atoms with van der Waals surface area (Å²) in [5, 5.41) is 21.7. The van der Waals surface area contributed by atoms with Crippen LogP contribution >= 0.6 is 23.2 Å². The topological polar surface area (TPSA) is 69.6 Å². The highest BCUT2D eigenvalue weighted by atomic mass is 35.5. The zero-order valence-electron chi connectivity index (χ0n) is 12.7. The zero-order chi connectivity index (χ0) is 17.5. The summed E-state index contributed by atoms with van der Waals surface area (Å²) in [6.45, 7) is -0.00929. The van der Waals surface area contributed by atoms with Crippen LogP contribution in [0.25, 0.3) is 12.2 Å². The van der Waals surface area contributed by atoms with Crippen molar-refractivity contribution in [3.8, 4) is 0 Å². The van der Waals surface area contributed by atoms with Crippen LogP contribution in [0.4, 0.5) is 4.79 Å². The smallest absolute Gasteiger partial charge is 0.404 e. The van der Waals surface area contributed by atoms with E-state index in [4.69, 9.17) is 28.3 Å². The third-order valence-electron chi connectivity index (χ3n) is 3.35. The molecule has 0 saturated carbocycles. The highest BCUT2D eigenvalue weighted by molar-refractivity contribution is 6.37. The number of carboxylic acid groups (broad SMARTS) is 1. The maximum Gasteiger partial charge on any atom is 0.404 e. The Balaban J connectivity index is 2.07. The van der Waals surface area contributed by atoms with Crippen LogP contribution in [0.1, 0.15) is 16.7 Å². The van der Waals surface area contributed by atoms with Crippen molar-refractivity contribution in [1.29, 1.82) is 0 Å². The van der Waals surface area contributed by atoms with E-state index in [1.807, 2.05) is 36.4 Å². The van der Waals surface area contributed by atoms with Crippen molar-refractivity contribution >= 4 is 41.4 Å². The summed E-state index contributed by atoms with van der Waals surface area (Å²) in [5.41, 5.74) is 2.58. The van der Waals surface area contributed by atoms with Crippen molar-refractivity contribution in [1.82, 2.24) is 5.32 Å². The Morgan fingerprint density at radius 3 is 2.46 bits per heavy atom. The molecule has 2 aromatic carbocycles. The SMILES string of the molecule is O=C(O)NCC(O)Cc1cccc(/C=C/c2c(Cl)cccc2Cl)c1. The Morgan fingerprint density at radius 2 is 1.79 bits per heavy atom. The molecule has 2 aromatic rings. The van der Waals surface area contributed by atoms with Gasteiger partial charge in [0.15, 0.2) is 0 Å². The van der Waals surface area contributed by atoms with Gasteiger partial charge in [-0.25, -0.2) is 4.79 Å². The molecular weight excluding hydrogens is 349 g/mol. The normalized spacial score (nSPS) is 12.3. The quantitative estimate of drug-likeness (QED) is 0.667. The fraction of sp³-hybridized carbons (Fsp3) is 0.167. The minimum atomic E-state index is -1.15. The molecule has 0 radical (unpaired) electrons. The maximum atomic E-state index is 10.4. The van der Waals surface area contributed by atoms with Crippen LogP contribution in [0, 0.1) is 0 Å². The molecule has 0 aliphatic carbocycles. The van der Waals surface area contributed by atoms with Gasteiger partial charge in [0.2, 0.25) is 0 Å². The lowest BCUT2D eigenvalue weighted by molar-refractivity contribution is 0.157. The van der Waals surface area contributed by atoms with Gasteiger partial charge in [-0.05, 0) is 23.3 Å². The van der Waals surface area contributed by atoms with E-state index < -0.39 is 12.2 Å². The molecule has 0 aliphatic heterocycles. The molecular formula is C18H17Cl2NO3. The number of hydrogen-bond acceptors (Lipinski definition) is 2. The van der Waals surface area contributed by atoms with Gasteiger partial charge in [0.25, 0.3) is 0 Å². The molecule has 3 N–H and O–H groups in total. The molecule has 0 aromatic heterocycles. The summed E-state index contributed by atoms with van der Waals surface area (Å²) in [6.07, 6.45) is 2.15. The van der Waals surface area contributed by atoms with Gasteiger partial charge >= 0.3 is 6.09 Å². The molecule has 0 bridgehead atoms. The molecule has 2 rings (SSSR count). The van der Waals surface area contributed by atoms with Crippen molar-refractivity contribution in [2.75, 3.05) is 6.54 Å². The molecule has 0 saturated heterocycles. The van der Waals surface area contributed by atoms with Gasteiger partial charge in [0.05, 0.1) is 6.10 Å². The lowest BCUT2D eigenvalue weighted by atomic mass is 10.0. The molecule has 0 spiro atoms. The van der Waals surface area contributed by atoms with E-state index >= 15 is 0 Å². The van der Waals surface area contributed by atoms with Crippen molar-refractivity contribution in [2.24, 2.45) is 0 Å². The molecule has 0 fully saturated rings. The molecule has 1 unspecified atom stereocenters. The number of nitrogens with one attached hydrogen (secondary N) is 1. The van der Waals surface area contributed by atoms with Gasteiger partial charge in [-0.15, -0.1) is 0 Å². The summed E-state index contributed by atoms with van der Waals surface area (Å²) in [6, 6.07) is 12.9. The number of aliphatic hydroxyl groups excluding tert-OH is 1. The predicted octanol–water partition coefficient (Wildman–Crippen LogP) is 4.33. The minimum absolute atomic E-state index is 0.00929. The van der Waals surface area contributed by atoms with Crippen LogP contribution in [-0.4, -0.2) is 29.0 Å². The monoisotopic (exact) mass is 365 g/mol. The number of halogens is 2. The molecule has 24 heavy (non-hydrogen) atoms. The third-order valence-corrected chi connectivity index (χ3v) is 4.01. The molecule has 6 heteroatoms. The Hall–Kier alpha value is -2.01. The van der Waals surface area contributed by atoms with Crippen LogP contribution < -0.4 is 5.32 Å². The maximum absolute atomic E-state index is 10.4. The van der Waals surface area contributed by atoms with Crippen LogP contribution in [0.5, 0.6) is 0 Å². The summed E-state index contributed by atoms with van der Waals surface area (Å²) in [5.74, 6) is 0. The van der Waals surface area contributed by atoms with Crippen molar-refractivity contribution in [2.45, 2.75) is 12.5 Å². The molecule has 1 atom stereocenters. The highest BCUT2D eigenvalue weighted by Gasteiger charge is 2.07. The first kappa shape index (κ1) is 18.3. The molecule has 4 nitrogen and oxygen atoms in total. The first-order chi connectivity index (χ1) is 11.5. The van der Waals surface area contributed by atoms with E-state index in [2.05, 4.69) is 5.32 Å². The second-order valence-corrected chi connectivity index (χ2v) is 6.07. The summed E-state index contributed by atoms with van der Waals surface area (Å²) in [4.78, 5) is 10.4. The second kappa shape index (κ2) is 8.73. The Kier molecular flexibility index (Phi) is 6.67. The van der Waals surface area contributed by atoms with E-state index in [0.29, 0.717) is 16.5 Å². The standard InChI is InChI=1S/C18H17Cl2NO3/c19-16-5-2-6-17(20)15(16)8-7-12-3-1-4-13(9-12)10-14(22)11-21-18(23)24/h1-9,14,21-22H,10-11H2,(H,23,24)/b8-7+. The van der Waals surface area contributed by atoms with Crippen molar-refractivity contribution < 1.29 is 15.0 Å². The lowest BCUT2D eigenvalue weighted by Gasteiger charge is -2.10. The summed E-state index contributed by atoms with van der Waals surface area (Å²) >= 11 is 12.3. The molecule has 0 heterocycles. The van der Waals surface area contributed by atoms with Crippen LogP contribution in [-0.2, 0) is 6.42 Å². The zero-order valence-corrected chi connectivity index (χ0v) is 14.3. The fourth-order valence-corrected chi connectivity index (χ4v) is 2.75. The third kappa shape index (κ3) is 5.57. The fourth-order valence-electron chi connectivity index (χ4n) is 2.22. The number of amides is 1. The van der Waals surface area contributed by atoms with Crippen LogP contribution in [0.2, 0.25) is 10.0 Å². The van der Waals surface area contributed by atoms with E-state index in [1.165, 1.54) is 0 Å². The lowest BCUT2D eigenvalue weighted by Crippen LogP contribution is -2.31. The van der Waals surface area contributed by atoms with Gasteiger partial charge in [-0.2, -0.15) is 0 Å². The van der Waals surface area contributed by atoms with Crippen molar-refractivity contribution in [3.63, 3.8) is 0 Å². The van der Waals surface area contributed by atoms with Gasteiger partial charge in [-0.3, -0.25) is 0 Å². The van der Waals surface area contributed by atoms with Crippen LogP contribution in [0.15, 0.2) is 42.5 Å². The molecule has 126 valence electrons. The van der Waals surface area contributed by atoms with Gasteiger partial charge in [0.1, 0.15) is 0 Å². The van der Waals surface area contributed by atoms with Crippen LogP contribution in [0.3, 0.4) is 0 Å². The molecule has 0 aliphatic rings. The Labute approximate surface area is 150 Å². The average Bonchev–Trinajstić information content (AvgIpc) is 2.53. The number of rotatable bonds is 6. The van der Waals surface area contributed by atoms with Gasteiger partial charge in [-0.1, -0.05) is 65.7 Å². The summed E-state index contributed by atoms with van der Waals surface area (Å²) < 4.78 is 0. The van der Waals surface area contributed by atoms with E-state index in [1.54, 1.807) is 18.2 Å². The van der Waals surface area contributed by atoms with E-state index in [9.17, 15) is 9.90 Å². The number of hydrogen-bond donors (Lipinski definition) is 3. The molecule has 1 amide bonds. The van der Waals surface area contributed by atoms with Gasteiger partial charge in [0, 0.05) is 28.6 Å². The number of benzene rings is 2.